The molecule has 0 aliphatic heterocycles. The molecule has 1 aromatic heterocycles. The molecular weight excluding hydrogens is 335 g/mol. The van der Waals surface area contributed by atoms with Gasteiger partial charge in [0.25, 0.3) is 0 Å². The number of aromatic nitrogens is 1. The minimum Gasteiger partial charge on any atom is -0.256 e. The minimum absolute atomic E-state index is 0.391. The van der Waals surface area contributed by atoms with Crippen LogP contribution in [0.4, 0.5) is 13.2 Å². The van der Waals surface area contributed by atoms with Crippen LogP contribution < -0.4 is 0 Å². The first kappa shape index (κ1) is 15.6. The molecule has 130 valence electrons. The van der Waals surface area contributed by atoms with Gasteiger partial charge in [-0.2, -0.15) is 13.2 Å². The summed E-state index contributed by atoms with van der Waals surface area (Å²) in [4.78, 5) is 4.56. The molecule has 0 saturated heterocycles. The van der Waals surface area contributed by atoms with Gasteiger partial charge in [-0.1, -0.05) is 24.3 Å². The van der Waals surface area contributed by atoms with Gasteiger partial charge in [-0.25, -0.2) is 0 Å². The lowest BCUT2D eigenvalue weighted by molar-refractivity contribution is -0.137. The summed E-state index contributed by atoms with van der Waals surface area (Å²) in [6.07, 6.45) is 3.10. The Hall–Kier alpha value is -2.62. The summed E-state index contributed by atoms with van der Waals surface area (Å²) in [6.45, 7) is 0. The van der Waals surface area contributed by atoms with Crippen LogP contribution in [0, 0.1) is 0 Å². The van der Waals surface area contributed by atoms with Crippen molar-refractivity contribution >= 4 is 16.5 Å². The van der Waals surface area contributed by atoms with Gasteiger partial charge < -0.3 is 0 Å². The van der Waals surface area contributed by atoms with Crippen LogP contribution in [0.1, 0.15) is 41.9 Å². The average molecular weight is 351 g/mol. The molecule has 1 atom stereocenters. The Morgan fingerprint density at radius 3 is 2.62 bits per heavy atom. The number of pyridine rings is 1. The molecular formula is C22H16F3N. The van der Waals surface area contributed by atoms with Crippen LogP contribution in [0.25, 0.3) is 27.6 Å². The fourth-order valence-electron chi connectivity index (χ4n) is 4.35. The van der Waals surface area contributed by atoms with Gasteiger partial charge >= 0.3 is 6.18 Å². The summed E-state index contributed by atoms with van der Waals surface area (Å²) < 4.78 is 38.8. The summed E-state index contributed by atoms with van der Waals surface area (Å²) >= 11 is 0. The van der Waals surface area contributed by atoms with Crippen LogP contribution in [0.3, 0.4) is 0 Å². The highest BCUT2D eigenvalue weighted by Gasteiger charge is 2.37. The number of alkyl halides is 3. The molecule has 2 aromatic carbocycles. The lowest BCUT2D eigenvalue weighted by atomic mass is 9.65. The summed E-state index contributed by atoms with van der Waals surface area (Å²) in [6, 6.07) is 11.6. The Balaban J connectivity index is 1.76. The fraction of sp³-hybridized carbons (Fsp3) is 0.227. The maximum Gasteiger partial charge on any atom is 0.416 e. The van der Waals surface area contributed by atoms with Gasteiger partial charge in [0, 0.05) is 23.1 Å². The van der Waals surface area contributed by atoms with Crippen LogP contribution in [-0.4, -0.2) is 4.98 Å². The van der Waals surface area contributed by atoms with Crippen molar-refractivity contribution in [2.24, 2.45) is 0 Å². The van der Waals surface area contributed by atoms with Gasteiger partial charge in [-0.15, -0.1) is 0 Å². The van der Waals surface area contributed by atoms with Crippen molar-refractivity contribution in [2.75, 3.05) is 0 Å². The van der Waals surface area contributed by atoms with E-state index in [2.05, 4.69) is 17.1 Å². The van der Waals surface area contributed by atoms with Crippen molar-refractivity contribution in [3.05, 3.63) is 71.4 Å². The van der Waals surface area contributed by atoms with Gasteiger partial charge in [0.2, 0.25) is 0 Å². The van der Waals surface area contributed by atoms with E-state index in [9.17, 15) is 13.2 Å². The summed E-state index contributed by atoms with van der Waals surface area (Å²) in [5, 5.41) is 1.03. The highest BCUT2D eigenvalue weighted by molar-refractivity contribution is 6.04. The van der Waals surface area contributed by atoms with Crippen LogP contribution in [0.5, 0.6) is 0 Å². The Morgan fingerprint density at radius 2 is 1.85 bits per heavy atom. The minimum atomic E-state index is -4.32. The van der Waals surface area contributed by atoms with Crippen molar-refractivity contribution in [1.29, 1.82) is 0 Å². The van der Waals surface area contributed by atoms with E-state index >= 15 is 0 Å². The molecule has 5 rings (SSSR count). The molecule has 0 N–H and O–H groups in total. The lowest BCUT2D eigenvalue weighted by Gasteiger charge is -2.39. The molecule has 4 heteroatoms. The predicted molar refractivity (Wildman–Crippen MR) is 96.8 cm³/mol. The van der Waals surface area contributed by atoms with Crippen molar-refractivity contribution < 1.29 is 13.2 Å². The van der Waals surface area contributed by atoms with Crippen LogP contribution >= 0.6 is 0 Å². The first-order valence-corrected chi connectivity index (χ1v) is 8.84. The number of benzene rings is 2. The van der Waals surface area contributed by atoms with Gasteiger partial charge in [0.15, 0.2) is 0 Å². The van der Waals surface area contributed by atoms with E-state index in [1.807, 2.05) is 12.1 Å². The second-order valence-electron chi connectivity index (χ2n) is 7.01. The second kappa shape index (κ2) is 5.44. The normalized spacial score (nSPS) is 18.7. The molecule has 0 fully saturated rings. The van der Waals surface area contributed by atoms with Gasteiger partial charge in [-0.05, 0) is 65.8 Å². The van der Waals surface area contributed by atoms with E-state index in [1.54, 1.807) is 18.3 Å². The number of hydrogen-bond donors (Lipinski definition) is 0. The molecule has 0 saturated carbocycles. The first-order valence-electron chi connectivity index (χ1n) is 8.84. The molecule has 0 radical (unpaired) electrons. The smallest absolute Gasteiger partial charge is 0.256 e. The summed E-state index contributed by atoms with van der Waals surface area (Å²) in [5.74, 6) is 0.391. The molecule has 26 heavy (non-hydrogen) atoms. The monoisotopic (exact) mass is 351 g/mol. The third kappa shape index (κ3) is 2.21. The number of halogens is 3. The largest absolute Gasteiger partial charge is 0.416 e. The number of rotatable bonds is 1. The maximum atomic E-state index is 12.9. The Kier molecular flexibility index (Phi) is 3.27. The van der Waals surface area contributed by atoms with E-state index in [-0.39, 0.29) is 0 Å². The van der Waals surface area contributed by atoms with Crippen LogP contribution in [0.2, 0.25) is 0 Å². The highest BCUT2D eigenvalue weighted by atomic mass is 19.4. The van der Waals surface area contributed by atoms with Crippen molar-refractivity contribution in [2.45, 2.75) is 31.4 Å². The average Bonchev–Trinajstić information content (AvgIpc) is 2.64. The zero-order chi connectivity index (χ0) is 17.9. The standard InChI is InChI=1S/C22H16F3N/c23-22(24,25)15-9-7-13(8-10-15)19-20-17-6-2-1-5-16(17)18(20)12-14-4-3-11-26-21(14)19/h3-5,7-12,17H,1-2,6H2. The summed E-state index contributed by atoms with van der Waals surface area (Å²) in [7, 11) is 0. The molecule has 1 unspecified atom stereocenters. The summed E-state index contributed by atoms with van der Waals surface area (Å²) in [5.41, 5.74) is 5.94. The number of nitrogens with zero attached hydrogens (tertiary/aromatic N) is 1. The molecule has 2 aliphatic carbocycles. The number of allylic oxidation sites excluding steroid dienone is 2. The molecule has 2 aliphatic rings. The maximum absolute atomic E-state index is 12.9. The third-order valence-corrected chi connectivity index (χ3v) is 5.53. The number of hydrogen-bond acceptors (Lipinski definition) is 1. The van der Waals surface area contributed by atoms with Crippen molar-refractivity contribution in [3.63, 3.8) is 0 Å². The molecule has 1 heterocycles. The topological polar surface area (TPSA) is 12.9 Å². The van der Waals surface area contributed by atoms with Crippen molar-refractivity contribution in [3.8, 4) is 11.1 Å². The highest BCUT2D eigenvalue weighted by Crippen LogP contribution is 2.56. The van der Waals surface area contributed by atoms with E-state index in [1.165, 1.54) is 28.8 Å². The van der Waals surface area contributed by atoms with Gasteiger partial charge in [0.05, 0.1) is 11.1 Å². The lowest BCUT2D eigenvalue weighted by Crippen LogP contribution is -2.20. The molecule has 0 bridgehead atoms. The van der Waals surface area contributed by atoms with E-state index in [4.69, 9.17) is 0 Å². The van der Waals surface area contributed by atoms with E-state index in [0.29, 0.717) is 5.92 Å². The zero-order valence-corrected chi connectivity index (χ0v) is 14.0. The van der Waals surface area contributed by atoms with Gasteiger partial charge in [-0.3, -0.25) is 4.98 Å². The Bertz CT molecular complexity index is 1050. The van der Waals surface area contributed by atoms with E-state index in [0.717, 1.165) is 41.3 Å². The fourth-order valence-corrected chi connectivity index (χ4v) is 4.35. The number of fused-ring (bicyclic) bond motifs is 5. The first-order chi connectivity index (χ1) is 12.5. The van der Waals surface area contributed by atoms with E-state index < -0.39 is 11.7 Å². The molecule has 3 aromatic rings. The van der Waals surface area contributed by atoms with Crippen LogP contribution in [-0.2, 0) is 6.18 Å². The SMILES string of the molecule is FC(F)(F)c1ccc(-c2c3c(cc4cccnc24)C2=CCCCC23)cc1. The van der Waals surface area contributed by atoms with Crippen molar-refractivity contribution in [1.82, 2.24) is 4.98 Å². The third-order valence-electron chi connectivity index (χ3n) is 5.53. The van der Waals surface area contributed by atoms with Gasteiger partial charge in [0.1, 0.15) is 0 Å². The van der Waals surface area contributed by atoms with Crippen LogP contribution in [0.15, 0.2) is 54.7 Å². The molecule has 0 spiro atoms. The zero-order valence-electron chi connectivity index (χ0n) is 14.0. The quantitative estimate of drug-likeness (QED) is 0.482. The second-order valence-corrected chi connectivity index (χ2v) is 7.01. The Morgan fingerprint density at radius 1 is 1.04 bits per heavy atom. The predicted octanol–water partition coefficient (Wildman–Crippen LogP) is 6.59. The Labute approximate surface area is 149 Å². The molecule has 0 amide bonds. The molecule has 1 nitrogen and oxygen atoms in total.